The van der Waals surface area contributed by atoms with Crippen LogP contribution in [0.3, 0.4) is 0 Å². The van der Waals surface area contributed by atoms with Crippen LogP contribution < -0.4 is 11.1 Å². The summed E-state index contributed by atoms with van der Waals surface area (Å²) >= 11 is 9.03. The molecule has 0 unspecified atom stereocenters. The fraction of sp³-hybridized carbons (Fsp3) is 0. The van der Waals surface area contributed by atoms with Gasteiger partial charge in [-0.25, -0.2) is 4.39 Å². The first-order valence-electron chi connectivity index (χ1n) is 5.22. The van der Waals surface area contributed by atoms with E-state index in [1.54, 1.807) is 18.2 Å². The molecular weight excluding hydrogens is 333 g/mol. The van der Waals surface area contributed by atoms with Crippen LogP contribution in [0, 0.1) is 17.1 Å². The minimum Gasteiger partial charge on any atom is -0.397 e. The molecule has 0 aliphatic heterocycles. The maximum Gasteiger partial charge on any atom is 0.143 e. The number of anilines is 3. The fourth-order valence-electron chi connectivity index (χ4n) is 1.53. The van der Waals surface area contributed by atoms with Crippen LogP contribution in [-0.2, 0) is 0 Å². The minimum absolute atomic E-state index is 0.0368. The van der Waals surface area contributed by atoms with Gasteiger partial charge in [-0.1, -0.05) is 27.5 Å². The number of hydrogen-bond donors (Lipinski definition) is 2. The molecule has 0 saturated carbocycles. The number of nitrogen functional groups attached to an aromatic ring is 1. The van der Waals surface area contributed by atoms with Crippen molar-refractivity contribution in [3.8, 4) is 6.07 Å². The zero-order valence-corrected chi connectivity index (χ0v) is 11.9. The van der Waals surface area contributed by atoms with Gasteiger partial charge in [0, 0.05) is 10.5 Å². The summed E-state index contributed by atoms with van der Waals surface area (Å²) in [6.45, 7) is 0. The molecule has 0 bridgehead atoms. The quantitative estimate of drug-likeness (QED) is 0.795. The standard InChI is InChI=1S/C13H8BrClFN3/c14-8-2-1-7(6-17)12(3-8)19-13-4-9(15)10(16)5-11(13)18/h1-5,19H,18H2. The van der Waals surface area contributed by atoms with Crippen molar-refractivity contribution in [1.29, 1.82) is 5.26 Å². The highest BCUT2D eigenvalue weighted by molar-refractivity contribution is 9.10. The van der Waals surface area contributed by atoms with E-state index in [0.717, 1.165) is 10.5 Å². The van der Waals surface area contributed by atoms with E-state index >= 15 is 0 Å². The van der Waals surface area contributed by atoms with Gasteiger partial charge in [-0.2, -0.15) is 5.26 Å². The molecule has 6 heteroatoms. The van der Waals surface area contributed by atoms with Gasteiger partial charge in [-0.3, -0.25) is 0 Å². The van der Waals surface area contributed by atoms with Crippen LogP contribution in [0.1, 0.15) is 5.56 Å². The molecular formula is C13H8BrClFN3. The van der Waals surface area contributed by atoms with E-state index in [4.69, 9.17) is 22.6 Å². The third kappa shape index (κ3) is 2.98. The highest BCUT2D eigenvalue weighted by atomic mass is 79.9. The molecule has 3 nitrogen and oxygen atoms in total. The van der Waals surface area contributed by atoms with Gasteiger partial charge in [0.2, 0.25) is 0 Å². The summed E-state index contributed by atoms with van der Waals surface area (Å²) in [6.07, 6.45) is 0. The summed E-state index contributed by atoms with van der Waals surface area (Å²) in [4.78, 5) is 0. The molecule has 0 aromatic heterocycles. The molecule has 0 fully saturated rings. The SMILES string of the molecule is N#Cc1ccc(Br)cc1Nc1cc(Cl)c(F)cc1N. The minimum atomic E-state index is -0.584. The van der Waals surface area contributed by atoms with Crippen molar-refractivity contribution < 1.29 is 4.39 Å². The maximum absolute atomic E-state index is 13.2. The second kappa shape index (κ2) is 5.47. The summed E-state index contributed by atoms with van der Waals surface area (Å²) in [7, 11) is 0. The van der Waals surface area contributed by atoms with Gasteiger partial charge in [0.1, 0.15) is 11.9 Å². The smallest absolute Gasteiger partial charge is 0.143 e. The lowest BCUT2D eigenvalue weighted by molar-refractivity contribution is 0.629. The summed E-state index contributed by atoms with van der Waals surface area (Å²) in [6, 6.07) is 9.72. The Morgan fingerprint density at radius 2 is 2.00 bits per heavy atom. The number of benzene rings is 2. The molecule has 3 N–H and O–H groups in total. The summed E-state index contributed by atoms with van der Waals surface area (Å²) in [5, 5.41) is 12.0. The van der Waals surface area contributed by atoms with E-state index in [1.807, 2.05) is 0 Å². The van der Waals surface area contributed by atoms with Gasteiger partial charge in [0.05, 0.1) is 27.6 Å². The van der Waals surface area contributed by atoms with Crippen molar-refractivity contribution in [3.05, 3.63) is 51.2 Å². The van der Waals surface area contributed by atoms with Crippen molar-refractivity contribution in [1.82, 2.24) is 0 Å². The zero-order chi connectivity index (χ0) is 14.0. The van der Waals surface area contributed by atoms with E-state index < -0.39 is 5.82 Å². The number of nitrogens with one attached hydrogen (secondary N) is 1. The number of rotatable bonds is 2. The number of halogens is 3. The topological polar surface area (TPSA) is 61.8 Å². The predicted octanol–water partition coefficient (Wildman–Crippen LogP) is 4.44. The Labute approximate surface area is 122 Å². The molecule has 0 saturated heterocycles. The number of nitrogens with two attached hydrogens (primary N) is 1. The molecule has 0 amide bonds. The summed E-state index contributed by atoms with van der Waals surface area (Å²) < 4.78 is 14.0. The average Bonchev–Trinajstić information content (AvgIpc) is 2.36. The molecule has 0 radical (unpaired) electrons. The Kier molecular flexibility index (Phi) is 3.93. The van der Waals surface area contributed by atoms with Gasteiger partial charge in [0.15, 0.2) is 0 Å². The monoisotopic (exact) mass is 339 g/mol. The summed E-state index contributed by atoms with van der Waals surface area (Å²) in [5.41, 5.74) is 7.38. The van der Waals surface area contributed by atoms with Gasteiger partial charge in [0.25, 0.3) is 0 Å². The van der Waals surface area contributed by atoms with Crippen LogP contribution >= 0.6 is 27.5 Å². The number of hydrogen-bond acceptors (Lipinski definition) is 3. The van der Waals surface area contributed by atoms with Gasteiger partial charge in [-0.05, 0) is 24.3 Å². The Balaban J connectivity index is 2.45. The van der Waals surface area contributed by atoms with Crippen LogP contribution in [0.25, 0.3) is 0 Å². The largest absolute Gasteiger partial charge is 0.397 e. The van der Waals surface area contributed by atoms with Crippen LogP contribution in [0.5, 0.6) is 0 Å². The van der Waals surface area contributed by atoms with Crippen molar-refractivity contribution >= 4 is 44.6 Å². The second-order valence-corrected chi connectivity index (χ2v) is 5.10. The Morgan fingerprint density at radius 1 is 1.26 bits per heavy atom. The van der Waals surface area contributed by atoms with Crippen LogP contribution in [0.4, 0.5) is 21.5 Å². The lowest BCUT2D eigenvalue weighted by Gasteiger charge is -2.12. The molecule has 0 atom stereocenters. The molecule has 2 rings (SSSR count). The fourth-order valence-corrected chi connectivity index (χ4v) is 2.06. The predicted molar refractivity (Wildman–Crippen MR) is 78.0 cm³/mol. The Hall–Kier alpha value is -1.77. The van der Waals surface area contributed by atoms with Crippen LogP contribution in [0.2, 0.25) is 5.02 Å². The molecule has 19 heavy (non-hydrogen) atoms. The van der Waals surface area contributed by atoms with Crippen molar-refractivity contribution in [2.75, 3.05) is 11.1 Å². The molecule has 0 heterocycles. The molecule has 0 spiro atoms. The third-order valence-corrected chi connectivity index (χ3v) is 3.25. The number of nitrogens with zero attached hydrogens (tertiary/aromatic N) is 1. The van der Waals surface area contributed by atoms with E-state index in [2.05, 4.69) is 27.3 Å². The normalized spacial score (nSPS) is 10.0. The first-order chi connectivity index (χ1) is 9.01. The first-order valence-corrected chi connectivity index (χ1v) is 6.39. The van der Waals surface area contributed by atoms with E-state index in [1.165, 1.54) is 6.07 Å². The van der Waals surface area contributed by atoms with Crippen LogP contribution in [0.15, 0.2) is 34.8 Å². The van der Waals surface area contributed by atoms with Gasteiger partial charge < -0.3 is 11.1 Å². The zero-order valence-electron chi connectivity index (χ0n) is 9.55. The maximum atomic E-state index is 13.2. The lowest BCUT2D eigenvalue weighted by atomic mass is 10.2. The van der Waals surface area contributed by atoms with Gasteiger partial charge >= 0.3 is 0 Å². The van der Waals surface area contributed by atoms with Crippen molar-refractivity contribution in [2.45, 2.75) is 0 Å². The third-order valence-electron chi connectivity index (χ3n) is 2.46. The first kappa shape index (κ1) is 13.7. The highest BCUT2D eigenvalue weighted by Gasteiger charge is 2.09. The molecule has 96 valence electrons. The second-order valence-electron chi connectivity index (χ2n) is 3.78. The Bertz CT molecular complexity index is 682. The molecule has 2 aromatic rings. The van der Waals surface area contributed by atoms with E-state index in [0.29, 0.717) is 16.9 Å². The molecule has 0 aliphatic carbocycles. The average molecular weight is 341 g/mol. The van der Waals surface area contributed by atoms with Crippen molar-refractivity contribution in [3.63, 3.8) is 0 Å². The highest BCUT2D eigenvalue weighted by Crippen LogP contribution is 2.31. The van der Waals surface area contributed by atoms with Crippen molar-refractivity contribution in [2.24, 2.45) is 0 Å². The Morgan fingerprint density at radius 3 is 2.68 bits per heavy atom. The molecule has 0 aliphatic rings. The van der Waals surface area contributed by atoms with Gasteiger partial charge in [-0.15, -0.1) is 0 Å². The van der Waals surface area contributed by atoms with E-state index in [-0.39, 0.29) is 10.7 Å². The lowest BCUT2D eigenvalue weighted by Crippen LogP contribution is -1.99. The van der Waals surface area contributed by atoms with E-state index in [9.17, 15) is 4.39 Å². The molecule has 2 aromatic carbocycles. The van der Waals surface area contributed by atoms with Crippen LogP contribution in [-0.4, -0.2) is 0 Å². The number of nitriles is 1. The summed E-state index contributed by atoms with van der Waals surface area (Å²) in [5.74, 6) is -0.584.